The summed E-state index contributed by atoms with van der Waals surface area (Å²) in [6, 6.07) is 12.1. The summed E-state index contributed by atoms with van der Waals surface area (Å²) in [6.45, 7) is 10.3. The molecule has 1 amide bonds. The average Bonchev–Trinajstić information content (AvgIpc) is 3.09. The maximum absolute atomic E-state index is 12.3. The minimum absolute atomic E-state index is 0. The smallest absolute Gasteiger partial charge is 0.251 e. The van der Waals surface area contributed by atoms with E-state index in [0.29, 0.717) is 12.1 Å². The highest BCUT2D eigenvalue weighted by Crippen LogP contribution is 2.14. The number of nitrogens with zero attached hydrogens (tertiary/aromatic N) is 1. The zero-order valence-electron chi connectivity index (χ0n) is 17.0. The van der Waals surface area contributed by atoms with Crippen LogP contribution in [0.3, 0.4) is 0 Å². The lowest BCUT2D eigenvalue weighted by Crippen LogP contribution is -2.36. The van der Waals surface area contributed by atoms with E-state index in [-0.39, 0.29) is 35.9 Å². The Morgan fingerprint density at radius 3 is 2.61 bits per heavy atom. The van der Waals surface area contributed by atoms with Gasteiger partial charge in [-0.05, 0) is 57.0 Å². The van der Waals surface area contributed by atoms with Crippen molar-refractivity contribution >= 4 is 47.2 Å². The Bertz CT molecular complexity index is 775. The number of benzene rings is 1. The fourth-order valence-electron chi connectivity index (χ4n) is 2.48. The van der Waals surface area contributed by atoms with Gasteiger partial charge in [0.1, 0.15) is 0 Å². The van der Waals surface area contributed by atoms with Crippen LogP contribution < -0.4 is 16.0 Å². The van der Waals surface area contributed by atoms with Gasteiger partial charge >= 0.3 is 0 Å². The second-order valence-electron chi connectivity index (χ2n) is 6.54. The van der Waals surface area contributed by atoms with Crippen LogP contribution in [-0.4, -0.2) is 24.5 Å². The van der Waals surface area contributed by atoms with Crippen molar-refractivity contribution in [2.45, 2.75) is 53.2 Å². The molecule has 28 heavy (non-hydrogen) atoms. The van der Waals surface area contributed by atoms with Gasteiger partial charge in [-0.2, -0.15) is 0 Å². The summed E-state index contributed by atoms with van der Waals surface area (Å²) in [6.07, 6.45) is 0.914. The molecule has 0 bridgehead atoms. The number of carbonyl (C=O) groups excluding carboxylic acids is 1. The monoisotopic (exact) mass is 514 g/mol. The molecule has 7 heteroatoms. The van der Waals surface area contributed by atoms with Crippen molar-refractivity contribution < 1.29 is 4.79 Å². The van der Waals surface area contributed by atoms with Crippen LogP contribution in [0.5, 0.6) is 0 Å². The number of aryl methyl sites for hydroxylation is 1. The average molecular weight is 514 g/mol. The third kappa shape index (κ3) is 8.18. The number of aliphatic imine (C=N–C) groups is 1. The van der Waals surface area contributed by atoms with Crippen LogP contribution in [0, 0.1) is 6.92 Å². The Kier molecular flexibility index (Phi) is 11.1. The van der Waals surface area contributed by atoms with Crippen molar-refractivity contribution in [3.63, 3.8) is 0 Å². The maximum Gasteiger partial charge on any atom is 0.251 e. The van der Waals surface area contributed by atoms with Crippen LogP contribution in [0.4, 0.5) is 0 Å². The number of halogens is 1. The lowest BCUT2D eigenvalue weighted by molar-refractivity contribution is 0.0939. The number of hydrogen-bond acceptors (Lipinski definition) is 3. The number of nitrogens with one attached hydrogen (secondary N) is 3. The molecule has 0 aliphatic carbocycles. The normalized spacial score (nSPS) is 12.1. The van der Waals surface area contributed by atoms with Gasteiger partial charge in [-0.3, -0.25) is 4.79 Å². The third-order valence-corrected chi connectivity index (χ3v) is 5.17. The first-order valence-electron chi connectivity index (χ1n) is 9.49. The van der Waals surface area contributed by atoms with Gasteiger partial charge in [0.25, 0.3) is 5.91 Å². The standard InChI is InChI=1S/C21H30N4OS.HI/c1-5-15(3)25-20(26)18-9-7-8-17(12-18)13-23-21(22-6-2)24-14-19-11-10-16(4)27-19;/h7-12,15H,5-6,13-14H2,1-4H3,(H,25,26)(H2,22,23,24);1H. The molecular formula is C21H31IN4OS. The van der Waals surface area contributed by atoms with Crippen LogP contribution >= 0.6 is 35.3 Å². The van der Waals surface area contributed by atoms with Crippen LogP contribution in [-0.2, 0) is 13.1 Å². The molecule has 1 unspecified atom stereocenters. The first-order chi connectivity index (χ1) is 13.0. The molecule has 3 N–H and O–H groups in total. The lowest BCUT2D eigenvalue weighted by Gasteiger charge is -2.12. The molecule has 1 atom stereocenters. The van der Waals surface area contributed by atoms with Crippen molar-refractivity contribution in [3.8, 4) is 0 Å². The van der Waals surface area contributed by atoms with E-state index in [1.54, 1.807) is 11.3 Å². The molecule has 0 saturated carbocycles. The maximum atomic E-state index is 12.3. The first kappa shape index (κ1) is 24.4. The van der Waals surface area contributed by atoms with E-state index >= 15 is 0 Å². The van der Waals surface area contributed by atoms with Gasteiger partial charge in [-0.25, -0.2) is 4.99 Å². The summed E-state index contributed by atoms with van der Waals surface area (Å²) in [4.78, 5) is 19.5. The largest absolute Gasteiger partial charge is 0.357 e. The lowest BCUT2D eigenvalue weighted by atomic mass is 10.1. The molecule has 0 aliphatic heterocycles. The van der Waals surface area contributed by atoms with Gasteiger partial charge in [0.05, 0.1) is 13.1 Å². The van der Waals surface area contributed by atoms with Crippen LogP contribution in [0.2, 0.25) is 0 Å². The number of guanidine groups is 1. The highest BCUT2D eigenvalue weighted by atomic mass is 127. The number of carbonyl (C=O) groups is 1. The Labute approximate surface area is 189 Å². The Hall–Kier alpha value is -1.61. The fourth-order valence-corrected chi connectivity index (χ4v) is 3.31. The minimum Gasteiger partial charge on any atom is -0.357 e. The summed E-state index contributed by atoms with van der Waals surface area (Å²) in [7, 11) is 0. The highest BCUT2D eigenvalue weighted by Gasteiger charge is 2.09. The van der Waals surface area contributed by atoms with Gasteiger partial charge < -0.3 is 16.0 Å². The van der Waals surface area contributed by atoms with E-state index in [1.807, 2.05) is 38.1 Å². The van der Waals surface area contributed by atoms with E-state index in [4.69, 9.17) is 0 Å². The number of thiophene rings is 1. The molecule has 1 aromatic heterocycles. The van der Waals surface area contributed by atoms with Gasteiger partial charge in [-0.1, -0.05) is 19.1 Å². The quantitative estimate of drug-likeness (QED) is 0.277. The number of amides is 1. The second kappa shape index (κ2) is 12.8. The molecule has 1 heterocycles. The zero-order valence-corrected chi connectivity index (χ0v) is 20.2. The van der Waals surface area contributed by atoms with E-state index in [0.717, 1.165) is 31.0 Å². The number of hydrogen-bond donors (Lipinski definition) is 3. The van der Waals surface area contributed by atoms with E-state index in [9.17, 15) is 4.79 Å². The fraction of sp³-hybridized carbons (Fsp3) is 0.429. The van der Waals surface area contributed by atoms with Gasteiger partial charge in [-0.15, -0.1) is 35.3 Å². The zero-order chi connectivity index (χ0) is 19.6. The molecule has 0 radical (unpaired) electrons. The van der Waals surface area contributed by atoms with Crippen molar-refractivity contribution in [2.24, 2.45) is 4.99 Å². The topological polar surface area (TPSA) is 65.5 Å². The second-order valence-corrected chi connectivity index (χ2v) is 7.92. The summed E-state index contributed by atoms with van der Waals surface area (Å²) in [5.41, 5.74) is 1.69. The van der Waals surface area contributed by atoms with Gasteiger partial charge in [0, 0.05) is 27.9 Å². The highest BCUT2D eigenvalue weighted by molar-refractivity contribution is 14.0. The third-order valence-electron chi connectivity index (χ3n) is 4.17. The van der Waals surface area contributed by atoms with E-state index < -0.39 is 0 Å². The van der Waals surface area contributed by atoms with Gasteiger partial charge in [0.15, 0.2) is 5.96 Å². The van der Waals surface area contributed by atoms with E-state index in [1.165, 1.54) is 9.75 Å². The van der Waals surface area contributed by atoms with Crippen LogP contribution in [0.1, 0.15) is 52.9 Å². The Balaban J connectivity index is 0.00000392. The molecule has 2 rings (SSSR count). The molecule has 0 spiro atoms. The Morgan fingerprint density at radius 1 is 1.18 bits per heavy atom. The summed E-state index contributed by atoms with van der Waals surface area (Å²) in [5.74, 6) is 0.742. The van der Waals surface area contributed by atoms with Crippen LogP contribution in [0.25, 0.3) is 0 Å². The summed E-state index contributed by atoms with van der Waals surface area (Å²) >= 11 is 1.78. The minimum atomic E-state index is -0.0340. The molecular weight excluding hydrogens is 483 g/mol. The molecule has 5 nitrogen and oxygen atoms in total. The predicted molar refractivity (Wildman–Crippen MR) is 130 cm³/mol. The van der Waals surface area contributed by atoms with Crippen molar-refractivity contribution in [3.05, 3.63) is 57.3 Å². The molecule has 0 fully saturated rings. The summed E-state index contributed by atoms with van der Waals surface area (Å²) in [5, 5.41) is 9.63. The predicted octanol–water partition coefficient (Wildman–Crippen LogP) is 4.46. The van der Waals surface area contributed by atoms with Crippen molar-refractivity contribution in [1.82, 2.24) is 16.0 Å². The molecule has 1 aromatic carbocycles. The van der Waals surface area contributed by atoms with Crippen LogP contribution in [0.15, 0.2) is 41.4 Å². The van der Waals surface area contributed by atoms with Gasteiger partial charge in [0.2, 0.25) is 0 Å². The first-order valence-corrected chi connectivity index (χ1v) is 10.3. The van der Waals surface area contributed by atoms with Crippen molar-refractivity contribution in [2.75, 3.05) is 6.54 Å². The van der Waals surface area contributed by atoms with Crippen molar-refractivity contribution in [1.29, 1.82) is 0 Å². The number of rotatable bonds is 8. The molecule has 0 saturated heterocycles. The van der Waals surface area contributed by atoms with E-state index in [2.05, 4.69) is 46.9 Å². The Morgan fingerprint density at radius 2 is 1.96 bits per heavy atom. The summed E-state index contributed by atoms with van der Waals surface area (Å²) < 4.78 is 0. The SMILES string of the molecule is CCNC(=NCc1cccc(C(=O)NC(C)CC)c1)NCc1ccc(C)s1.I. The molecule has 2 aromatic rings. The molecule has 154 valence electrons. The molecule has 0 aliphatic rings.